The van der Waals surface area contributed by atoms with Crippen LogP contribution in [0.3, 0.4) is 0 Å². The van der Waals surface area contributed by atoms with Gasteiger partial charge in [0.05, 0.1) is 0 Å². The van der Waals surface area contributed by atoms with Crippen molar-refractivity contribution in [3.8, 4) is 0 Å². The van der Waals surface area contributed by atoms with Gasteiger partial charge in [0.15, 0.2) is 6.61 Å². The number of amides is 1. The molecule has 1 fully saturated rings. The number of para-hydroxylation sites is 1. The van der Waals surface area contributed by atoms with Crippen LogP contribution in [0.25, 0.3) is 0 Å². The minimum Gasteiger partial charge on any atom is -0.456 e. The number of hydrogen-bond donors (Lipinski definition) is 1. The number of carbonyl (C=O) groups excluding carboxylic acids is 2. The van der Waals surface area contributed by atoms with Crippen LogP contribution in [0.2, 0.25) is 0 Å². The third kappa shape index (κ3) is 5.45. The molecule has 4 nitrogen and oxygen atoms in total. The largest absolute Gasteiger partial charge is 0.456 e. The molecule has 1 aliphatic rings. The second kappa shape index (κ2) is 9.18. The predicted molar refractivity (Wildman–Crippen MR) is 102 cm³/mol. The highest BCUT2D eigenvalue weighted by Crippen LogP contribution is 2.27. The lowest BCUT2D eigenvalue weighted by Crippen LogP contribution is -2.22. The fourth-order valence-electron chi connectivity index (χ4n) is 3.45. The molecule has 0 saturated heterocycles. The van der Waals surface area contributed by atoms with E-state index in [1.165, 1.54) is 18.4 Å². The first-order valence-corrected chi connectivity index (χ1v) is 9.28. The molecule has 136 valence electrons. The Balaban J connectivity index is 1.51. The van der Waals surface area contributed by atoms with Crippen molar-refractivity contribution < 1.29 is 14.3 Å². The Kier molecular flexibility index (Phi) is 6.42. The van der Waals surface area contributed by atoms with Crippen LogP contribution in [0.1, 0.15) is 43.2 Å². The maximum Gasteiger partial charge on any atom is 0.306 e. The number of benzene rings is 2. The molecule has 0 atom stereocenters. The van der Waals surface area contributed by atoms with Crippen LogP contribution in [-0.4, -0.2) is 18.5 Å². The van der Waals surface area contributed by atoms with Crippen molar-refractivity contribution in [2.45, 2.75) is 38.5 Å². The zero-order valence-corrected chi connectivity index (χ0v) is 14.9. The summed E-state index contributed by atoms with van der Waals surface area (Å²) in [6.45, 7) is -0.231. The first kappa shape index (κ1) is 18.2. The van der Waals surface area contributed by atoms with E-state index < -0.39 is 0 Å². The zero-order valence-electron chi connectivity index (χ0n) is 14.9. The van der Waals surface area contributed by atoms with E-state index in [1.54, 1.807) is 0 Å². The van der Waals surface area contributed by atoms with Gasteiger partial charge in [-0.05, 0) is 42.4 Å². The number of nitrogens with one attached hydrogen (secondary N) is 1. The molecular formula is C22H25NO3. The number of carbonyl (C=O) groups is 2. The third-order valence-electron chi connectivity index (χ3n) is 4.82. The molecule has 0 spiro atoms. The van der Waals surface area contributed by atoms with Crippen molar-refractivity contribution >= 4 is 17.6 Å². The predicted octanol–water partition coefficient (Wildman–Crippen LogP) is 4.34. The molecule has 1 N–H and O–H groups in total. The van der Waals surface area contributed by atoms with Crippen molar-refractivity contribution in [1.82, 2.24) is 0 Å². The van der Waals surface area contributed by atoms with E-state index in [-0.39, 0.29) is 18.5 Å². The minimum atomic E-state index is -0.301. The fraction of sp³-hybridized carbons (Fsp3) is 0.364. The second-order valence-corrected chi connectivity index (χ2v) is 6.88. The van der Waals surface area contributed by atoms with Gasteiger partial charge >= 0.3 is 5.97 Å². The Bertz CT molecular complexity index is 736. The van der Waals surface area contributed by atoms with Gasteiger partial charge in [0.25, 0.3) is 5.91 Å². The Hall–Kier alpha value is -2.62. The number of rotatable bonds is 7. The average molecular weight is 351 g/mol. The molecule has 1 amide bonds. The maximum absolute atomic E-state index is 12.2. The summed E-state index contributed by atoms with van der Waals surface area (Å²) in [7, 11) is 0. The molecule has 1 aliphatic carbocycles. The van der Waals surface area contributed by atoms with Gasteiger partial charge in [-0.25, -0.2) is 0 Å². The number of esters is 1. The molecule has 4 heteroatoms. The first-order valence-electron chi connectivity index (χ1n) is 9.28. The van der Waals surface area contributed by atoms with E-state index >= 15 is 0 Å². The summed E-state index contributed by atoms with van der Waals surface area (Å²) in [6.07, 6.45) is 5.73. The standard InChI is InChI=1S/C22H25NO3/c24-21(16-26-22(25)15-18-10-4-5-11-18)23-20-13-7-6-12-19(20)14-17-8-2-1-3-9-17/h1-3,6-9,12-13,18H,4-5,10-11,14-16H2,(H,23,24). The van der Waals surface area contributed by atoms with Crippen LogP contribution >= 0.6 is 0 Å². The van der Waals surface area contributed by atoms with Gasteiger partial charge in [0.1, 0.15) is 0 Å². The Morgan fingerprint density at radius 1 is 0.962 bits per heavy atom. The topological polar surface area (TPSA) is 55.4 Å². The van der Waals surface area contributed by atoms with Crippen molar-refractivity contribution in [2.75, 3.05) is 11.9 Å². The molecule has 0 unspecified atom stereocenters. The highest BCUT2D eigenvalue weighted by molar-refractivity contribution is 5.93. The highest BCUT2D eigenvalue weighted by atomic mass is 16.5. The summed E-state index contributed by atoms with van der Waals surface area (Å²) < 4.78 is 5.15. The third-order valence-corrected chi connectivity index (χ3v) is 4.82. The molecule has 1 saturated carbocycles. The molecule has 0 heterocycles. The van der Waals surface area contributed by atoms with Gasteiger partial charge in [-0.15, -0.1) is 0 Å². The fourth-order valence-corrected chi connectivity index (χ4v) is 3.45. The van der Waals surface area contributed by atoms with E-state index in [0.29, 0.717) is 12.3 Å². The Labute approximate surface area is 154 Å². The summed E-state index contributed by atoms with van der Waals surface area (Å²) in [6, 6.07) is 17.8. The highest BCUT2D eigenvalue weighted by Gasteiger charge is 2.19. The maximum atomic E-state index is 12.2. The van der Waals surface area contributed by atoms with E-state index in [9.17, 15) is 9.59 Å². The molecule has 0 aromatic heterocycles. The van der Waals surface area contributed by atoms with Gasteiger partial charge in [-0.2, -0.15) is 0 Å². The van der Waals surface area contributed by atoms with Gasteiger partial charge in [0, 0.05) is 12.1 Å². The van der Waals surface area contributed by atoms with Gasteiger partial charge in [0.2, 0.25) is 0 Å². The van der Waals surface area contributed by atoms with Crippen LogP contribution in [0.4, 0.5) is 5.69 Å². The Morgan fingerprint density at radius 3 is 2.42 bits per heavy atom. The normalized spacial score (nSPS) is 14.2. The lowest BCUT2D eigenvalue weighted by atomic mass is 10.0. The molecular weight excluding hydrogens is 326 g/mol. The van der Waals surface area contributed by atoms with E-state index in [2.05, 4.69) is 17.4 Å². The van der Waals surface area contributed by atoms with Crippen molar-refractivity contribution in [2.24, 2.45) is 5.92 Å². The second-order valence-electron chi connectivity index (χ2n) is 6.88. The molecule has 3 rings (SSSR count). The summed E-state index contributed by atoms with van der Waals surface area (Å²) in [5, 5.41) is 2.86. The quantitative estimate of drug-likeness (QED) is 0.755. The Morgan fingerprint density at radius 2 is 1.65 bits per heavy atom. The lowest BCUT2D eigenvalue weighted by molar-refractivity contribution is -0.148. The monoisotopic (exact) mass is 351 g/mol. The molecule has 0 aliphatic heterocycles. The smallest absolute Gasteiger partial charge is 0.306 e. The van der Waals surface area contributed by atoms with Gasteiger partial charge in [-0.1, -0.05) is 61.4 Å². The van der Waals surface area contributed by atoms with E-state index in [4.69, 9.17) is 4.74 Å². The minimum absolute atomic E-state index is 0.231. The van der Waals surface area contributed by atoms with Gasteiger partial charge < -0.3 is 10.1 Å². The first-order chi connectivity index (χ1) is 12.7. The molecule has 2 aromatic rings. The lowest BCUT2D eigenvalue weighted by Gasteiger charge is -2.12. The van der Waals surface area contributed by atoms with Crippen molar-refractivity contribution in [3.05, 3.63) is 65.7 Å². The van der Waals surface area contributed by atoms with Crippen LogP contribution in [-0.2, 0) is 20.7 Å². The van der Waals surface area contributed by atoms with Crippen LogP contribution in [0.5, 0.6) is 0 Å². The number of hydrogen-bond acceptors (Lipinski definition) is 3. The van der Waals surface area contributed by atoms with Gasteiger partial charge in [-0.3, -0.25) is 9.59 Å². The SMILES string of the molecule is O=C(COC(=O)CC1CCCC1)Nc1ccccc1Cc1ccccc1. The van der Waals surface area contributed by atoms with Crippen LogP contribution < -0.4 is 5.32 Å². The molecule has 0 radical (unpaired) electrons. The van der Waals surface area contributed by atoms with E-state index in [1.807, 2.05) is 42.5 Å². The molecule has 26 heavy (non-hydrogen) atoms. The summed E-state index contributed by atoms with van der Waals surface area (Å²) >= 11 is 0. The molecule has 0 bridgehead atoms. The summed E-state index contributed by atoms with van der Waals surface area (Å²) in [5.74, 6) is -0.146. The summed E-state index contributed by atoms with van der Waals surface area (Å²) in [5.41, 5.74) is 2.97. The number of anilines is 1. The van der Waals surface area contributed by atoms with Crippen LogP contribution in [0, 0.1) is 5.92 Å². The van der Waals surface area contributed by atoms with E-state index in [0.717, 1.165) is 30.5 Å². The zero-order chi connectivity index (χ0) is 18.2. The number of ether oxygens (including phenoxy) is 1. The van der Waals surface area contributed by atoms with Crippen molar-refractivity contribution in [3.63, 3.8) is 0 Å². The molecule has 2 aromatic carbocycles. The van der Waals surface area contributed by atoms with Crippen molar-refractivity contribution in [1.29, 1.82) is 0 Å². The van der Waals surface area contributed by atoms with Crippen LogP contribution in [0.15, 0.2) is 54.6 Å². The average Bonchev–Trinajstić information content (AvgIpc) is 3.15. The summed E-state index contributed by atoms with van der Waals surface area (Å²) in [4.78, 5) is 24.0.